The van der Waals surface area contributed by atoms with Crippen molar-refractivity contribution in [2.75, 3.05) is 57.8 Å². The number of piperazine rings is 1. The van der Waals surface area contributed by atoms with E-state index in [0.717, 1.165) is 4.31 Å². The highest BCUT2D eigenvalue weighted by Crippen LogP contribution is 2.18. The van der Waals surface area contributed by atoms with Gasteiger partial charge in [0.2, 0.25) is 10.0 Å². The van der Waals surface area contributed by atoms with E-state index in [-0.39, 0.29) is 50.0 Å². The summed E-state index contributed by atoms with van der Waals surface area (Å²) in [5.41, 5.74) is 0. The second-order valence-corrected chi connectivity index (χ2v) is 9.74. The zero-order chi connectivity index (χ0) is 20.4. The summed E-state index contributed by atoms with van der Waals surface area (Å²) in [6, 6.07) is 2.34. The molecule has 0 unspecified atom stereocenters. The number of urea groups is 1. The Morgan fingerprint density at radius 3 is 2.18 bits per heavy atom. The van der Waals surface area contributed by atoms with Crippen molar-refractivity contribution in [3.8, 4) is 0 Å². The molecule has 0 spiro atoms. The number of amides is 2. The van der Waals surface area contributed by atoms with Crippen molar-refractivity contribution in [3.05, 3.63) is 18.3 Å². The second-order valence-electron chi connectivity index (χ2n) is 6.26. The monoisotopic (exact) mass is 434 g/mol. The fraction of sp³-hybridized carbons (Fsp3) is 0.571. The van der Waals surface area contributed by atoms with Crippen LogP contribution in [0.4, 0.5) is 10.6 Å². The molecular formula is C14H22N6O6S2. The first-order valence-corrected chi connectivity index (χ1v) is 11.5. The second kappa shape index (κ2) is 8.26. The first-order valence-electron chi connectivity index (χ1n) is 8.56. The number of ether oxygens (including phenoxy) is 1. The third-order valence-corrected chi connectivity index (χ3v) is 7.43. The maximum Gasteiger partial charge on any atom is 0.323 e. The number of nitrogens with two attached hydrogens (primary N) is 1. The lowest BCUT2D eigenvalue weighted by molar-refractivity contribution is 0.0730. The molecule has 12 nitrogen and oxygen atoms in total. The molecular weight excluding hydrogens is 412 g/mol. The predicted molar refractivity (Wildman–Crippen MR) is 99.1 cm³/mol. The fourth-order valence-corrected chi connectivity index (χ4v) is 4.90. The molecule has 1 aromatic rings. The quantitative estimate of drug-likeness (QED) is 0.581. The topological polar surface area (TPSA) is 155 Å². The summed E-state index contributed by atoms with van der Waals surface area (Å²) < 4.78 is 55.3. The molecule has 0 aliphatic carbocycles. The van der Waals surface area contributed by atoms with E-state index in [9.17, 15) is 21.6 Å². The summed E-state index contributed by atoms with van der Waals surface area (Å²) in [6.07, 6.45) is 1.19. The minimum Gasteiger partial charge on any atom is -0.379 e. The fourth-order valence-electron chi connectivity index (χ4n) is 2.88. The lowest BCUT2D eigenvalue weighted by Crippen LogP contribution is -2.53. The van der Waals surface area contributed by atoms with Gasteiger partial charge in [0.05, 0.1) is 13.2 Å². The van der Waals surface area contributed by atoms with Gasteiger partial charge >= 0.3 is 6.03 Å². The molecule has 1 aromatic heterocycles. The van der Waals surface area contributed by atoms with E-state index in [1.807, 2.05) is 0 Å². The van der Waals surface area contributed by atoms with Crippen LogP contribution < -0.4 is 10.5 Å². The van der Waals surface area contributed by atoms with Gasteiger partial charge in [0.25, 0.3) is 10.2 Å². The molecule has 0 saturated carbocycles. The molecule has 0 aromatic carbocycles. The van der Waals surface area contributed by atoms with Crippen molar-refractivity contribution in [1.29, 1.82) is 0 Å². The van der Waals surface area contributed by atoms with Crippen molar-refractivity contribution in [2.45, 2.75) is 4.90 Å². The number of aromatic nitrogens is 1. The summed E-state index contributed by atoms with van der Waals surface area (Å²) in [4.78, 5) is 17.8. The number of anilines is 1. The number of hydrogen-bond donors (Lipinski definition) is 2. The lowest BCUT2D eigenvalue weighted by Gasteiger charge is -2.32. The van der Waals surface area contributed by atoms with E-state index in [1.54, 1.807) is 0 Å². The summed E-state index contributed by atoms with van der Waals surface area (Å²) in [7, 11) is -7.42. The van der Waals surface area contributed by atoms with Gasteiger partial charge in [0, 0.05) is 45.5 Å². The van der Waals surface area contributed by atoms with Gasteiger partial charge in [0.1, 0.15) is 10.7 Å². The van der Waals surface area contributed by atoms with Crippen molar-refractivity contribution in [2.24, 2.45) is 5.14 Å². The first kappa shape index (κ1) is 20.9. The van der Waals surface area contributed by atoms with Gasteiger partial charge in [-0.2, -0.15) is 17.0 Å². The number of nitrogens with zero attached hydrogens (tertiary/aromatic N) is 4. The molecule has 2 aliphatic rings. The van der Waals surface area contributed by atoms with Crippen LogP contribution in [-0.4, -0.2) is 93.8 Å². The summed E-state index contributed by atoms with van der Waals surface area (Å²) in [6.45, 7) is 1.85. The zero-order valence-corrected chi connectivity index (χ0v) is 16.7. The number of nitrogens with one attached hydrogen (secondary N) is 1. The van der Waals surface area contributed by atoms with Gasteiger partial charge in [-0.15, -0.1) is 0 Å². The smallest absolute Gasteiger partial charge is 0.323 e. The molecule has 2 amide bonds. The van der Waals surface area contributed by atoms with E-state index < -0.39 is 26.3 Å². The average molecular weight is 435 g/mol. The van der Waals surface area contributed by atoms with Gasteiger partial charge in [0.15, 0.2) is 0 Å². The number of carbonyl (C=O) groups excluding carboxylic acids is 1. The van der Waals surface area contributed by atoms with Crippen LogP contribution in [0, 0.1) is 0 Å². The Morgan fingerprint density at radius 1 is 1.00 bits per heavy atom. The standard InChI is InChI=1S/C14H22N6O6S2/c15-28(24,25)20-5-3-18(4-6-20)14(21)17-13-2-1-12(11-16-13)27(22,23)19-7-9-26-10-8-19/h1-2,11H,3-10H2,(H2,15,24,25)(H,16,17,21). The van der Waals surface area contributed by atoms with Crippen LogP contribution in [-0.2, 0) is 25.0 Å². The Labute approximate surface area is 163 Å². The number of sulfonamides is 1. The third kappa shape index (κ3) is 4.76. The normalized spacial score (nSPS) is 20.1. The molecule has 2 fully saturated rings. The number of pyridine rings is 1. The summed E-state index contributed by atoms with van der Waals surface area (Å²) in [5.74, 6) is 0.194. The number of morpholine rings is 1. The van der Waals surface area contributed by atoms with Crippen LogP contribution in [0.2, 0.25) is 0 Å². The van der Waals surface area contributed by atoms with Crippen molar-refractivity contribution in [3.63, 3.8) is 0 Å². The molecule has 156 valence electrons. The highest BCUT2D eigenvalue weighted by molar-refractivity contribution is 7.89. The lowest BCUT2D eigenvalue weighted by atomic mass is 10.4. The van der Waals surface area contributed by atoms with Gasteiger partial charge in [-0.1, -0.05) is 0 Å². The number of hydrogen-bond acceptors (Lipinski definition) is 7. The predicted octanol–water partition coefficient (Wildman–Crippen LogP) is -1.54. The Kier molecular flexibility index (Phi) is 6.16. The molecule has 28 heavy (non-hydrogen) atoms. The molecule has 2 aliphatic heterocycles. The van der Waals surface area contributed by atoms with Gasteiger partial charge in [-0.25, -0.2) is 23.3 Å². The van der Waals surface area contributed by atoms with Gasteiger partial charge < -0.3 is 9.64 Å². The van der Waals surface area contributed by atoms with Gasteiger partial charge in [-0.05, 0) is 12.1 Å². The molecule has 2 saturated heterocycles. The maximum atomic E-state index is 12.6. The summed E-state index contributed by atoms with van der Waals surface area (Å²) >= 11 is 0. The molecule has 0 radical (unpaired) electrons. The van der Waals surface area contributed by atoms with Crippen LogP contribution in [0.3, 0.4) is 0 Å². The number of rotatable bonds is 4. The van der Waals surface area contributed by atoms with Crippen LogP contribution in [0.5, 0.6) is 0 Å². The molecule has 3 heterocycles. The molecule has 3 rings (SSSR count). The van der Waals surface area contributed by atoms with E-state index in [0.29, 0.717) is 13.2 Å². The van der Waals surface area contributed by atoms with E-state index in [4.69, 9.17) is 9.88 Å². The largest absolute Gasteiger partial charge is 0.379 e. The maximum absolute atomic E-state index is 12.6. The highest BCUT2D eigenvalue weighted by atomic mass is 32.2. The minimum atomic E-state index is -3.77. The average Bonchev–Trinajstić information content (AvgIpc) is 2.68. The van der Waals surface area contributed by atoms with E-state index >= 15 is 0 Å². The van der Waals surface area contributed by atoms with Crippen LogP contribution in [0.15, 0.2) is 23.2 Å². The SMILES string of the molecule is NS(=O)(=O)N1CCN(C(=O)Nc2ccc(S(=O)(=O)N3CCOCC3)cn2)CC1. The molecule has 3 N–H and O–H groups in total. The van der Waals surface area contributed by atoms with Gasteiger partial charge in [-0.3, -0.25) is 5.32 Å². The summed E-state index contributed by atoms with van der Waals surface area (Å²) in [5, 5.41) is 7.64. The van der Waals surface area contributed by atoms with E-state index in [2.05, 4.69) is 10.3 Å². The van der Waals surface area contributed by atoms with E-state index in [1.165, 1.54) is 27.5 Å². The third-order valence-electron chi connectivity index (χ3n) is 4.46. The van der Waals surface area contributed by atoms with Crippen LogP contribution in [0.1, 0.15) is 0 Å². The number of carbonyl (C=O) groups is 1. The minimum absolute atomic E-state index is 0.0363. The van der Waals surface area contributed by atoms with Crippen molar-refractivity contribution < 1.29 is 26.4 Å². The van der Waals surface area contributed by atoms with Crippen LogP contribution >= 0.6 is 0 Å². The molecule has 0 bridgehead atoms. The Balaban J connectivity index is 1.59. The highest BCUT2D eigenvalue weighted by Gasteiger charge is 2.28. The molecule has 14 heteroatoms. The Hall–Kier alpha value is -1.84. The molecule has 0 atom stereocenters. The Bertz CT molecular complexity index is 906. The van der Waals surface area contributed by atoms with Crippen molar-refractivity contribution in [1.82, 2.24) is 18.5 Å². The Morgan fingerprint density at radius 2 is 1.64 bits per heavy atom. The zero-order valence-electron chi connectivity index (χ0n) is 15.0. The van der Waals surface area contributed by atoms with Crippen molar-refractivity contribution >= 4 is 32.1 Å². The first-order chi connectivity index (χ1) is 13.2. The van der Waals surface area contributed by atoms with Crippen LogP contribution in [0.25, 0.3) is 0 Å².